The number of benzene rings is 1. The number of para-hydroxylation sites is 1. The molecule has 0 bridgehead atoms. The monoisotopic (exact) mass is 357 g/mol. The van der Waals surface area contributed by atoms with Crippen molar-refractivity contribution >= 4 is 19.9 Å². The second-order valence-corrected chi connectivity index (χ2v) is 10.6. The van der Waals surface area contributed by atoms with Crippen molar-refractivity contribution in [1.29, 1.82) is 0 Å². The third-order valence-electron chi connectivity index (χ3n) is 4.85. The van der Waals surface area contributed by atoms with Crippen molar-refractivity contribution in [2.45, 2.75) is 30.2 Å². The molecule has 2 aliphatic heterocycles. The number of sulfonamides is 1. The number of rotatable bonds is 3. The maximum atomic E-state index is 13.2. The minimum Gasteiger partial charge on any atom is -0.492 e. The third-order valence-corrected chi connectivity index (χ3v) is 8.45. The Labute approximate surface area is 136 Å². The standard InChI is InChI=1S/C15H19NO5S2/c17-22(18)9-7-16(13(10-22)11-4-5-11)23(19,20)14-3-1-2-12-6-8-21-15(12)14/h1-3,11,13H,4-10H2/t13-/m1/s1. The maximum Gasteiger partial charge on any atom is 0.247 e. The number of sulfone groups is 1. The smallest absolute Gasteiger partial charge is 0.247 e. The first kappa shape index (κ1) is 15.4. The van der Waals surface area contributed by atoms with Crippen LogP contribution in [0.15, 0.2) is 23.1 Å². The zero-order valence-electron chi connectivity index (χ0n) is 12.6. The number of nitrogens with zero attached hydrogens (tertiary/aromatic N) is 1. The predicted molar refractivity (Wildman–Crippen MR) is 84.7 cm³/mol. The fourth-order valence-corrected chi connectivity index (χ4v) is 7.17. The first-order valence-electron chi connectivity index (χ1n) is 7.85. The highest BCUT2D eigenvalue weighted by molar-refractivity contribution is 7.92. The van der Waals surface area contributed by atoms with E-state index in [9.17, 15) is 16.8 Å². The molecule has 1 aromatic rings. The molecule has 1 saturated heterocycles. The summed E-state index contributed by atoms with van der Waals surface area (Å²) < 4.78 is 57.1. The van der Waals surface area contributed by atoms with Crippen LogP contribution in [-0.4, -0.2) is 51.8 Å². The summed E-state index contributed by atoms with van der Waals surface area (Å²) in [5.74, 6) is 0.436. The molecule has 0 radical (unpaired) electrons. The minimum absolute atomic E-state index is 0.0372. The number of fused-ring (bicyclic) bond motifs is 1. The first-order valence-corrected chi connectivity index (χ1v) is 11.1. The summed E-state index contributed by atoms with van der Waals surface area (Å²) in [6.45, 7) is 0.526. The van der Waals surface area contributed by atoms with E-state index in [1.165, 1.54) is 4.31 Å². The summed E-state index contributed by atoms with van der Waals surface area (Å²) in [7, 11) is -6.91. The van der Waals surface area contributed by atoms with E-state index < -0.39 is 25.9 Å². The van der Waals surface area contributed by atoms with E-state index in [2.05, 4.69) is 0 Å². The fourth-order valence-electron chi connectivity index (χ4n) is 3.49. The SMILES string of the molecule is O=S1(=O)CCN(S(=O)(=O)c2cccc3c2OCC3)[C@@H](C2CC2)C1. The molecule has 4 rings (SSSR count). The van der Waals surface area contributed by atoms with Gasteiger partial charge in [0.1, 0.15) is 10.6 Å². The summed E-state index contributed by atoms with van der Waals surface area (Å²) in [6.07, 6.45) is 2.50. The molecule has 1 atom stereocenters. The maximum absolute atomic E-state index is 13.2. The lowest BCUT2D eigenvalue weighted by molar-refractivity contribution is 0.307. The van der Waals surface area contributed by atoms with E-state index in [0.29, 0.717) is 18.8 Å². The van der Waals surface area contributed by atoms with Gasteiger partial charge < -0.3 is 4.74 Å². The van der Waals surface area contributed by atoms with E-state index in [4.69, 9.17) is 4.74 Å². The Morgan fingerprint density at radius 2 is 2.00 bits per heavy atom. The number of hydrogen-bond acceptors (Lipinski definition) is 5. The molecule has 1 aromatic carbocycles. The van der Waals surface area contributed by atoms with Crippen molar-refractivity contribution in [3.8, 4) is 5.75 Å². The molecule has 1 aliphatic carbocycles. The van der Waals surface area contributed by atoms with Gasteiger partial charge in [0.05, 0.1) is 18.1 Å². The van der Waals surface area contributed by atoms with Crippen LogP contribution < -0.4 is 4.74 Å². The van der Waals surface area contributed by atoms with Gasteiger partial charge in [0, 0.05) is 19.0 Å². The highest BCUT2D eigenvalue weighted by atomic mass is 32.2. The molecule has 2 fully saturated rings. The quantitative estimate of drug-likeness (QED) is 0.800. The van der Waals surface area contributed by atoms with Crippen LogP contribution >= 0.6 is 0 Å². The van der Waals surface area contributed by atoms with Crippen molar-refractivity contribution in [2.24, 2.45) is 5.92 Å². The topological polar surface area (TPSA) is 80.8 Å². The normalized spacial score (nSPS) is 27.4. The zero-order chi connectivity index (χ0) is 16.2. The van der Waals surface area contributed by atoms with Gasteiger partial charge in [0.2, 0.25) is 10.0 Å². The summed E-state index contributed by atoms with van der Waals surface area (Å²) in [5.41, 5.74) is 0.902. The van der Waals surface area contributed by atoms with Crippen LogP contribution in [0.1, 0.15) is 18.4 Å². The molecule has 6 nitrogen and oxygen atoms in total. The summed E-state index contributed by atoms with van der Waals surface area (Å²) in [4.78, 5) is 0.178. The van der Waals surface area contributed by atoms with Crippen LogP contribution in [0.3, 0.4) is 0 Å². The van der Waals surface area contributed by atoms with Crippen LogP contribution in [0.2, 0.25) is 0 Å². The van der Waals surface area contributed by atoms with E-state index in [-0.39, 0.29) is 28.9 Å². The van der Waals surface area contributed by atoms with Crippen LogP contribution in [0.5, 0.6) is 5.75 Å². The predicted octanol–water partition coefficient (Wildman–Crippen LogP) is 0.819. The Kier molecular flexibility index (Phi) is 3.48. The van der Waals surface area contributed by atoms with Crippen molar-refractivity contribution in [3.63, 3.8) is 0 Å². The highest BCUT2D eigenvalue weighted by Gasteiger charge is 2.47. The molecule has 0 amide bonds. The lowest BCUT2D eigenvalue weighted by Crippen LogP contribution is -2.52. The van der Waals surface area contributed by atoms with Crippen LogP contribution in [-0.2, 0) is 26.3 Å². The van der Waals surface area contributed by atoms with Crippen molar-refractivity contribution < 1.29 is 21.6 Å². The lowest BCUT2D eigenvalue weighted by atomic mass is 10.2. The molecule has 1 saturated carbocycles. The van der Waals surface area contributed by atoms with E-state index in [1.807, 2.05) is 6.07 Å². The molecule has 0 N–H and O–H groups in total. The molecular formula is C15H19NO5S2. The van der Waals surface area contributed by atoms with Gasteiger partial charge in [0.25, 0.3) is 0 Å². The summed E-state index contributed by atoms with van der Waals surface area (Å²) >= 11 is 0. The highest BCUT2D eigenvalue weighted by Crippen LogP contribution is 2.41. The number of ether oxygens (including phenoxy) is 1. The minimum atomic E-state index is -3.75. The molecule has 2 heterocycles. The van der Waals surface area contributed by atoms with Gasteiger partial charge in [-0.25, -0.2) is 16.8 Å². The Bertz CT molecular complexity index is 843. The number of hydrogen-bond donors (Lipinski definition) is 0. The summed E-state index contributed by atoms with van der Waals surface area (Å²) in [6, 6.07) is 4.73. The molecule has 23 heavy (non-hydrogen) atoms. The molecular weight excluding hydrogens is 338 g/mol. The first-order chi connectivity index (χ1) is 10.9. The summed E-state index contributed by atoms with van der Waals surface area (Å²) in [5, 5.41) is 0. The molecule has 0 unspecified atom stereocenters. The fraction of sp³-hybridized carbons (Fsp3) is 0.600. The lowest BCUT2D eigenvalue weighted by Gasteiger charge is -2.34. The second kappa shape index (κ2) is 5.19. The van der Waals surface area contributed by atoms with Crippen molar-refractivity contribution in [2.75, 3.05) is 24.7 Å². The van der Waals surface area contributed by atoms with Gasteiger partial charge in [-0.15, -0.1) is 0 Å². The Morgan fingerprint density at radius 1 is 1.22 bits per heavy atom. The largest absolute Gasteiger partial charge is 0.492 e. The second-order valence-electron chi connectivity index (χ2n) is 6.48. The van der Waals surface area contributed by atoms with Gasteiger partial charge >= 0.3 is 0 Å². The van der Waals surface area contributed by atoms with E-state index >= 15 is 0 Å². The van der Waals surface area contributed by atoms with Gasteiger partial charge in [-0.3, -0.25) is 0 Å². The van der Waals surface area contributed by atoms with Gasteiger partial charge in [0.15, 0.2) is 9.84 Å². The average molecular weight is 357 g/mol. The molecule has 126 valence electrons. The average Bonchev–Trinajstić information content (AvgIpc) is 3.22. The Morgan fingerprint density at radius 3 is 2.74 bits per heavy atom. The van der Waals surface area contributed by atoms with E-state index in [0.717, 1.165) is 18.4 Å². The molecule has 8 heteroatoms. The van der Waals surface area contributed by atoms with Crippen LogP contribution in [0.4, 0.5) is 0 Å². The van der Waals surface area contributed by atoms with Gasteiger partial charge in [-0.1, -0.05) is 12.1 Å². The van der Waals surface area contributed by atoms with E-state index in [1.54, 1.807) is 12.1 Å². The Balaban J connectivity index is 1.75. The van der Waals surface area contributed by atoms with Crippen molar-refractivity contribution in [3.05, 3.63) is 23.8 Å². The van der Waals surface area contributed by atoms with Crippen LogP contribution in [0.25, 0.3) is 0 Å². The third kappa shape index (κ3) is 2.66. The molecule has 3 aliphatic rings. The zero-order valence-corrected chi connectivity index (χ0v) is 14.3. The molecule has 0 aromatic heterocycles. The van der Waals surface area contributed by atoms with Gasteiger partial charge in [-0.2, -0.15) is 4.31 Å². The molecule has 0 spiro atoms. The Hall–Kier alpha value is -1.12. The van der Waals surface area contributed by atoms with Crippen molar-refractivity contribution in [1.82, 2.24) is 4.31 Å². The van der Waals surface area contributed by atoms with Crippen LogP contribution in [0, 0.1) is 5.92 Å². The van der Waals surface area contributed by atoms with Gasteiger partial charge in [-0.05, 0) is 30.4 Å².